The number of azide groups is 1. The molecule has 1 amide bonds. The Bertz CT molecular complexity index is 927. The molecule has 28 heavy (non-hydrogen) atoms. The lowest BCUT2D eigenvalue weighted by atomic mass is 10.2. The number of carbonyl (C=O) groups is 1. The summed E-state index contributed by atoms with van der Waals surface area (Å²) in [6, 6.07) is 10.0. The summed E-state index contributed by atoms with van der Waals surface area (Å²) in [5.41, 5.74) is 8.13. The smallest absolute Gasteiger partial charge is 0.351 e. The van der Waals surface area contributed by atoms with Crippen LogP contribution in [-0.4, -0.2) is 46.1 Å². The minimum Gasteiger partial charge on any atom is -0.394 e. The van der Waals surface area contributed by atoms with Gasteiger partial charge < -0.3 is 19.9 Å². The number of nitrogens with zero attached hydrogens (tertiary/aromatic N) is 5. The van der Waals surface area contributed by atoms with Gasteiger partial charge in [-0.15, -0.1) is 0 Å². The van der Waals surface area contributed by atoms with Crippen molar-refractivity contribution in [1.29, 1.82) is 0 Å². The van der Waals surface area contributed by atoms with E-state index < -0.39 is 24.1 Å². The van der Waals surface area contributed by atoms with Gasteiger partial charge in [0.25, 0.3) is 5.91 Å². The fraction of sp³-hybridized carbons (Fsp3) is 0.353. The summed E-state index contributed by atoms with van der Waals surface area (Å²) < 4.78 is 12.3. The number of carbonyl (C=O) groups excluding carboxylic acids is 1. The first kappa shape index (κ1) is 19.5. The van der Waals surface area contributed by atoms with Crippen LogP contribution in [0.4, 0.5) is 5.82 Å². The van der Waals surface area contributed by atoms with E-state index in [4.69, 9.17) is 15.0 Å². The summed E-state index contributed by atoms with van der Waals surface area (Å²) in [6.07, 6.45) is -0.186. The Kier molecular flexibility index (Phi) is 6.35. The molecule has 0 unspecified atom stereocenters. The first-order valence-corrected chi connectivity index (χ1v) is 8.46. The van der Waals surface area contributed by atoms with E-state index in [2.05, 4.69) is 20.3 Å². The molecule has 0 aliphatic carbocycles. The summed E-state index contributed by atoms with van der Waals surface area (Å²) in [5.74, 6) is -0.266. The fourth-order valence-electron chi connectivity index (χ4n) is 2.84. The van der Waals surface area contributed by atoms with Gasteiger partial charge in [0.15, 0.2) is 0 Å². The number of benzene rings is 1. The van der Waals surface area contributed by atoms with Gasteiger partial charge in [0.1, 0.15) is 24.9 Å². The van der Waals surface area contributed by atoms with E-state index in [9.17, 15) is 14.7 Å². The maximum Gasteiger partial charge on any atom is 0.351 e. The molecule has 11 nitrogen and oxygen atoms in total. The van der Waals surface area contributed by atoms with Crippen LogP contribution in [0.15, 0.2) is 52.5 Å². The number of amides is 1. The number of aliphatic hydroxyl groups is 1. The Morgan fingerprint density at radius 3 is 2.89 bits per heavy atom. The van der Waals surface area contributed by atoms with Crippen LogP contribution in [0.2, 0.25) is 0 Å². The van der Waals surface area contributed by atoms with Crippen molar-refractivity contribution in [1.82, 2.24) is 9.55 Å². The van der Waals surface area contributed by atoms with Crippen LogP contribution in [0.3, 0.4) is 0 Å². The molecule has 11 heteroatoms. The van der Waals surface area contributed by atoms with Crippen LogP contribution < -0.4 is 11.0 Å². The Morgan fingerprint density at radius 1 is 1.43 bits per heavy atom. The lowest BCUT2D eigenvalue weighted by Crippen LogP contribution is -2.29. The molecule has 2 aromatic rings. The molecule has 2 N–H and O–H groups in total. The highest BCUT2D eigenvalue weighted by Gasteiger charge is 2.37. The van der Waals surface area contributed by atoms with Crippen LogP contribution in [0.5, 0.6) is 0 Å². The van der Waals surface area contributed by atoms with Gasteiger partial charge >= 0.3 is 5.69 Å². The summed E-state index contributed by atoms with van der Waals surface area (Å²) in [6.45, 7) is -0.518. The number of anilines is 1. The van der Waals surface area contributed by atoms with Crippen molar-refractivity contribution in [2.24, 2.45) is 5.11 Å². The highest BCUT2D eigenvalue weighted by atomic mass is 16.6. The second-order valence-electron chi connectivity index (χ2n) is 5.94. The van der Waals surface area contributed by atoms with Gasteiger partial charge in [-0.3, -0.25) is 9.36 Å². The third-order valence-corrected chi connectivity index (χ3v) is 4.19. The molecule has 0 bridgehead atoms. The zero-order valence-corrected chi connectivity index (χ0v) is 14.7. The molecule has 1 aliphatic rings. The molecule has 0 spiro atoms. The molecule has 0 radical (unpaired) electrons. The quantitative estimate of drug-likeness (QED) is 0.417. The number of nitrogens with one attached hydrogen (secondary N) is 1. The molecule has 2 heterocycles. The maximum atomic E-state index is 12.4. The lowest BCUT2D eigenvalue weighted by molar-refractivity contribution is -0.0612. The predicted octanol–water partition coefficient (Wildman–Crippen LogP) is 1.43. The highest BCUT2D eigenvalue weighted by Crippen LogP contribution is 2.29. The van der Waals surface area contributed by atoms with Crippen LogP contribution >= 0.6 is 0 Å². The summed E-state index contributed by atoms with van der Waals surface area (Å²) in [4.78, 5) is 31.0. The Labute approximate surface area is 159 Å². The van der Waals surface area contributed by atoms with E-state index in [1.54, 1.807) is 30.3 Å². The third kappa shape index (κ3) is 4.53. The molecule has 3 atom stereocenters. The average molecular weight is 386 g/mol. The van der Waals surface area contributed by atoms with Crippen molar-refractivity contribution in [3.8, 4) is 0 Å². The lowest BCUT2D eigenvalue weighted by Gasteiger charge is -2.15. The highest BCUT2D eigenvalue weighted by molar-refractivity contribution is 6.03. The SMILES string of the molecule is [N-]=[N+]=NCO[C@H]1C[C@H](n2ccc(NC(=O)c3ccccc3)nc2=O)O[C@@H]1CO. The minimum absolute atomic E-state index is 0.114. The third-order valence-electron chi connectivity index (χ3n) is 4.19. The number of aliphatic hydroxyl groups excluding tert-OH is 1. The van der Waals surface area contributed by atoms with Crippen molar-refractivity contribution in [3.05, 3.63) is 69.1 Å². The van der Waals surface area contributed by atoms with Crippen molar-refractivity contribution in [3.63, 3.8) is 0 Å². The molecule has 1 aromatic carbocycles. The van der Waals surface area contributed by atoms with E-state index in [1.807, 2.05) is 0 Å². The molecule has 1 fully saturated rings. The van der Waals surface area contributed by atoms with Crippen molar-refractivity contribution < 1.29 is 19.4 Å². The van der Waals surface area contributed by atoms with E-state index in [1.165, 1.54) is 16.8 Å². The first-order valence-electron chi connectivity index (χ1n) is 8.46. The molecule has 1 saturated heterocycles. The first-order chi connectivity index (χ1) is 13.6. The second kappa shape index (κ2) is 9.11. The van der Waals surface area contributed by atoms with E-state index in [-0.39, 0.29) is 31.5 Å². The van der Waals surface area contributed by atoms with Crippen molar-refractivity contribution in [2.45, 2.75) is 24.9 Å². The molecule has 146 valence electrons. The van der Waals surface area contributed by atoms with Crippen molar-refractivity contribution >= 4 is 11.7 Å². The predicted molar refractivity (Wildman–Crippen MR) is 97.4 cm³/mol. The van der Waals surface area contributed by atoms with Gasteiger partial charge in [-0.05, 0) is 23.7 Å². The summed E-state index contributed by atoms with van der Waals surface area (Å²) in [5, 5.41) is 15.3. The van der Waals surface area contributed by atoms with Gasteiger partial charge in [-0.2, -0.15) is 4.98 Å². The Morgan fingerprint density at radius 2 is 2.21 bits per heavy atom. The number of rotatable bonds is 7. The largest absolute Gasteiger partial charge is 0.394 e. The Balaban J connectivity index is 1.69. The zero-order valence-electron chi connectivity index (χ0n) is 14.7. The van der Waals surface area contributed by atoms with Gasteiger partial charge in [0.05, 0.1) is 12.7 Å². The molecule has 0 saturated carbocycles. The molecule has 1 aromatic heterocycles. The number of hydrogen-bond donors (Lipinski definition) is 2. The molecular formula is C17H18N6O5. The monoisotopic (exact) mass is 386 g/mol. The zero-order chi connectivity index (χ0) is 19.9. The normalized spacial score (nSPS) is 21.1. The molecule has 1 aliphatic heterocycles. The minimum atomic E-state index is -0.702. The number of hydrogen-bond acceptors (Lipinski definition) is 7. The van der Waals surface area contributed by atoms with Gasteiger partial charge in [-0.25, -0.2) is 4.79 Å². The van der Waals surface area contributed by atoms with Crippen LogP contribution in [0, 0.1) is 0 Å². The summed E-state index contributed by atoms with van der Waals surface area (Å²) >= 11 is 0. The fourth-order valence-corrected chi connectivity index (χ4v) is 2.84. The Hall–Kier alpha value is -3.24. The van der Waals surface area contributed by atoms with Crippen LogP contribution in [0.25, 0.3) is 10.4 Å². The van der Waals surface area contributed by atoms with E-state index >= 15 is 0 Å². The molecular weight excluding hydrogens is 368 g/mol. The van der Waals surface area contributed by atoms with Gasteiger partial charge in [0, 0.05) is 23.1 Å². The summed E-state index contributed by atoms with van der Waals surface area (Å²) in [7, 11) is 0. The van der Waals surface area contributed by atoms with Crippen molar-refractivity contribution in [2.75, 3.05) is 18.7 Å². The van der Waals surface area contributed by atoms with Crippen LogP contribution in [-0.2, 0) is 9.47 Å². The topological polar surface area (TPSA) is 151 Å². The van der Waals surface area contributed by atoms with Crippen LogP contribution in [0.1, 0.15) is 23.0 Å². The standard InChI is InChI=1S/C17H18N6O5/c18-22-19-10-27-12-8-15(28-13(12)9-24)23-7-6-14(21-17(23)26)20-16(25)11-4-2-1-3-5-11/h1-7,12-13,15,24H,8-10H2,(H,20,21,25,26)/t12-,13+,15+/m0/s1. The van der Waals surface area contributed by atoms with E-state index in [0.717, 1.165) is 0 Å². The molecule has 3 rings (SSSR count). The second-order valence-corrected chi connectivity index (χ2v) is 5.94. The average Bonchev–Trinajstić information content (AvgIpc) is 3.12. The number of ether oxygens (including phenoxy) is 2. The van der Waals surface area contributed by atoms with Gasteiger partial charge in [-0.1, -0.05) is 23.3 Å². The van der Waals surface area contributed by atoms with Gasteiger partial charge in [0.2, 0.25) is 0 Å². The maximum absolute atomic E-state index is 12.4. The number of aromatic nitrogens is 2. The van der Waals surface area contributed by atoms with E-state index in [0.29, 0.717) is 5.56 Å².